The highest BCUT2D eigenvalue weighted by Crippen LogP contribution is 2.26. The molecule has 0 bridgehead atoms. The SMILES string of the molecule is CCC(Oc1ccc(-c2ccccc2)cc1)C(=O)Nc1ccc(Cl)c(Cl)c1. The van der Waals surface area contributed by atoms with Crippen LogP contribution in [0.1, 0.15) is 13.3 Å². The zero-order valence-electron chi connectivity index (χ0n) is 14.8. The first kappa shape index (κ1) is 19.3. The maximum absolute atomic E-state index is 12.5. The van der Waals surface area contributed by atoms with Crippen molar-refractivity contribution in [2.24, 2.45) is 0 Å². The number of rotatable bonds is 6. The van der Waals surface area contributed by atoms with Gasteiger partial charge in [-0.3, -0.25) is 4.79 Å². The molecule has 3 nitrogen and oxygen atoms in total. The number of benzene rings is 3. The van der Waals surface area contributed by atoms with E-state index in [9.17, 15) is 4.79 Å². The Bertz CT molecular complexity index is 911. The lowest BCUT2D eigenvalue weighted by Gasteiger charge is -2.18. The van der Waals surface area contributed by atoms with Crippen LogP contribution in [-0.4, -0.2) is 12.0 Å². The van der Waals surface area contributed by atoms with Gasteiger partial charge in [-0.1, -0.05) is 72.6 Å². The molecule has 138 valence electrons. The number of carbonyl (C=O) groups is 1. The van der Waals surface area contributed by atoms with E-state index in [0.717, 1.165) is 11.1 Å². The summed E-state index contributed by atoms with van der Waals surface area (Å²) in [5, 5.41) is 3.64. The maximum atomic E-state index is 12.5. The fourth-order valence-corrected chi connectivity index (χ4v) is 2.94. The molecule has 0 aliphatic rings. The summed E-state index contributed by atoms with van der Waals surface area (Å²) in [4.78, 5) is 12.5. The molecule has 1 atom stereocenters. The van der Waals surface area contributed by atoms with E-state index in [1.165, 1.54) is 0 Å². The van der Waals surface area contributed by atoms with E-state index >= 15 is 0 Å². The maximum Gasteiger partial charge on any atom is 0.265 e. The smallest absolute Gasteiger partial charge is 0.265 e. The van der Waals surface area contributed by atoms with Crippen LogP contribution in [0.2, 0.25) is 10.0 Å². The first-order valence-electron chi connectivity index (χ1n) is 8.65. The fraction of sp³-hybridized carbons (Fsp3) is 0.136. The molecular weight excluding hydrogens is 381 g/mol. The second-order valence-electron chi connectivity index (χ2n) is 6.02. The third kappa shape index (κ3) is 5.03. The number of carbonyl (C=O) groups excluding carboxylic acids is 1. The van der Waals surface area contributed by atoms with Gasteiger partial charge in [-0.05, 0) is 47.9 Å². The summed E-state index contributed by atoms with van der Waals surface area (Å²) in [6.07, 6.45) is -0.0739. The molecular formula is C22H19Cl2NO2. The van der Waals surface area contributed by atoms with Crippen LogP contribution in [0, 0.1) is 0 Å². The van der Waals surface area contributed by atoms with E-state index in [2.05, 4.69) is 17.4 Å². The zero-order chi connectivity index (χ0) is 19.2. The highest BCUT2D eigenvalue weighted by molar-refractivity contribution is 6.42. The van der Waals surface area contributed by atoms with Crippen LogP contribution in [0.25, 0.3) is 11.1 Å². The van der Waals surface area contributed by atoms with Gasteiger partial charge in [0.2, 0.25) is 0 Å². The summed E-state index contributed by atoms with van der Waals surface area (Å²) in [5.41, 5.74) is 2.81. The Labute approximate surface area is 168 Å². The summed E-state index contributed by atoms with van der Waals surface area (Å²) in [7, 11) is 0. The molecule has 27 heavy (non-hydrogen) atoms. The van der Waals surface area contributed by atoms with Crippen molar-refractivity contribution in [3.05, 3.63) is 82.8 Å². The van der Waals surface area contributed by atoms with Crippen LogP contribution < -0.4 is 10.1 Å². The van der Waals surface area contributed by atoms with Crippen molar-refractivity contribution in [2.75, 3.05) is 5.32 Å². The molecule has 0 spiro atoms. The van der Waals surface area contributed by atoms with Gasteiger partial charge in [0.15, 0.2) is 6.10 Å². The lowest BCUT2D eigenvalue weighted by atomic mass is 10.1. The number of nitrogens with one attached hydrogen (secondary N) is 1. The van der Waals surface area contributed by atoms with E-state index < -0.39 is 6.10 Å². The Hall–Kier alpha value is -2.49. The second-order valence-corrected chi connectivity index (χ2v) is 6.84. The number of hydrogen-bond donors (Lipinski definition) is 1. The van der Waals surface area contributed by atoms with Crippen LogP contribution in [0.15, 0.2) is 72.8 Å². The standard InChI is InChI=1S/C22H19Cl2NO2/c1-2-21(22(26)25-17-10-13-19(23)20(24)14-17)27-18-11-8-16(9-12-18)15-6-4-3-5-7-15/h3-14,21H,2H2,1H3,(H,25,26). The number of amides is 1. The average Bonchev–Trinajstić information content (AvgIpc) is 2.70. The van der Waals surface area contributed by atoms with Gasteiger partial charge in [0, 0.05) is 5.69 Å². The summed E-state index contributed by atoms with van der Waals surface area (Å²) in [5.74, 6) is 0.411. The van der Waals surface area contributed by atoms with Gasteiger partial charge in [-0.15, -0.1) is 0 Å². The average molecular weight is 400 g/mol. The van der Waals surface area contributed by atoms with Crippen molar-refractivity contribution in [1.29, 1.82) is 0 Å². The van der Waals surface area contributed by atoms with Crippen molar-refractivity contribution in [3.8, 4) is 16.9 Å². The predicted molar refractivity (Wildman–Crippen MR) is 112 cm³/mol. The van der Waals surface area contributed by atoms with Gasteiger partial charge in [-0.25, -0.2) is 0 Å². The predicted octanol–water partition coefficient (Wildman–Crippen LogP) is 6.46. The van der Waals surface area contributed by atoms with Crippen molar-refractivity contribution in [1.82, 2.24) is 0 Å². The number of ether oxygens (including phenoxy) is 1. The molecule has 0 aliphatic carbocycles. The van der Waals surface area contributed by atoms with Crippen LogP contribution in [-0.2, 0) is 4.79 Å². The number of hydrogen-bond acceptors (Lipinski definition) is 2. The Balaban J connectivity index is 1.67. The molecule has 3 aromatic rings. The van der Waals surface area contributed by atoms with Crippen molar-refractivity contribution in [2.45, 2.75) is 19.4 Å². The minimum absolute atomic E-state index is 0.233. The number of anilines is 1. The summed E-state index contributed by atoms with van der Waals surface area (Å²) in [6.45, 7) is 1.90. The van der Waals surface area contributed by atoms with E-state index in [1.807, 2.05) is 49.4 Å². The monoisotopic (exact) mass is 399 g/mol. The van der Waals surface area contributed by atoms with Gasteiger partial charge in [0.25, 0.3) is 5.91 Å². The third-order valence-corrected chi connectivity index (χ3v) is 4.83. The van der Waals surface area contributed by atoms with E-state index in [4.69, 9.17) is 27.9 Å². The summed E-state index contributed by atoms with van der Waals surface area (Å²) < 4.78 is 5.87. The molecule has 1 unspecified atom stereocenters. The Morgan fingerprint density at radius 1 is 0.926 bits per heavy atom. The highest BCUT2D eigenvalue weighted by atomic mass is 35.5. The lowest BCUT2D eigenvalue weighted by Crippen LogP contribution is -2.32. The first-order valence-corrected chi connectivity index (χ1v) is 9.40. The first-order chi connectivity index (χ1) is 13.1. The van der Waals surface area contributed by atoms with Crippen LogP contribution in [0.5, 0.6) is 5.75 Å². The number of halogens is 2. The van der Waals surface area contributed by atoms with Crippen LogP contribution >= 0.6 is 23.2 Å². The molecule has 0 saturated heterocycles. The lowest BCUT2D eigenvalue weighted by molar-refractivity contribution is -0.122. The quantitative estimate of drug-likeness (QED) is 0.516. The summed E-state index contributed by atoms with van der Waals surface area (Å²) >= 11 is 11.9. The minimum atomic E-state index is -0.609. The minimum Gasteiger partial charge on any atom is -0.481 e. The Morgan fingerprint density at radius 3 is 2.22 bits per heavy atom. The second kappa shape index (κ2) is 8.94. The van der Waals surface area contributed by atoms with Crippen LogP contribution in [0.4, 0.5) is 5.69 Å². The van der Waals surface area contributed by atoms with Gasteiger partial charge in [-0.2, -0.15) is 0 Å². The third-order valence-electron chi connectivity index (χ3n) is 4.09. The molecule has 3 aromatic carbocycles. The molecule has 0 aliphatic heterocycles. The normalized spacial score (nSPS) is 11.7. The van der Waals surface area contributed by atoms with Gasteiger partial charge in [0.1, 0.15) is 5.75 Å². The van der Waals surface area contributed by atoms with Crippen LogP contribution in [0.3, 0.4) is 0 Å². The van der Waals surface area contributed by atoms with Crippen molar-refractivity contribution in [3.63, 3.8) is 0 Å². The molecule has 0 heterocycles. The van der Waals surface area contributed by atoms with Crippen molar-refractivity contribution >= 4 is 34.8 Å². The highest BCUT2D eigenvalue weighted by Gasteiger charge is 2.19. The van der Waals surface area contributed by atoms with Gasteiger partial charge >= 0.3 is 0 Å². The van der Waals surface area contributed by atoms with E-state index in [0.29, 0.717) is 27.9 Å². The summed E-state index contributed by atoms with van der Waals surface area (Å²) in [6, 6.07) is 22.8. The van der Waals surface area contributed by atoms with E-state index in [1.54, 1.807) is 18.2 Å². The van der Waals surface area contributed by atoms with E-state index in [-0.39, 0.29) is 5.91 Å². The molecule has 5 heteroatoms. The van der Waals surface area contributed by atoms with Gasteiger partial charge < -0.3 is 10.1 Å². The molecule has 0 aromatic heterocycles. The topological polar surface area (TPSA) is 38.3 Å². The zero-order valence-corrected chi connectivity index (χ0v) is 16.3. The molecule has 3 rings (SSSR count). The largest absolute Gasteiger partial charge is 0.481 e. The molecule has 0 fully saturated rings. The van der Waals surface area contributed by atoms with Gasteiger partial charge in [0.05, 0.1) is 10.0 Å². The fourth-order valence-electron chi connectivity index (χ4n) is 2.64. The Kier molecular flexibility index (Phi) is 6.38. The van der Waals surface area contributed by atoms with Crippen molar-refractivity contribution < 1.29 is 9.53 Å². The molecule has 0 saturated carbocycles. The molecule has 1 amide bonds. The molecule has 0 radical (unpaired) electrons. The Morgan fingerprint density at radius 2 is 1.59 bits per heavy atom. The molecule has 1 N–H and O–H groups in total.